The zero-order valence-electron chi connectivity index (χ0n) is 12.8. The van der Waals surface area contributed by atoms with Crippen molar-refractivity contribution in [1.29, 1.82) is 0 Å². The van der Waals surface area contributed by atoms with Crippen molar-refractivity contribution < 1.29 is 0 Å². The molecule has 1 N–H and O–H groups in total. The second-order valence-corrected chi connectivity index (χ2v) is 6.82. The highest BCUT2D eigenvalue weighted by atomic mass is 35.5. The molecule has 0 spiro atoms. The Morgan fingerprint density at radius 2 is 2.00 bits per heavy atom. The maximum absolute atomic E-state index is 6.17. The lowest BCUT2D eigenvalue weighted by molar-refractivity contribution is 0.525. The van der Waals surface area contributed by atoms with E-state index in [0.29, 0.717) is 12.0 Å². The number of rotatable bonds is 4. The predicted molar refractivity (Wildman–Crippen MR) is 89.9 cm³/mol. The van der Waals surface area contributed by atoms with Crippen molar-refractivity contribution in [2.45, 2.75) is 58.0 Å². The van der Waals surface area contributed by atoms with E-state index in [9.17, 15) is 0 Å². The molecular weight excluding hydrogens is 280 g/mol. The summed E-state index contributed by atoms with van der Waals surface area (Å²) in [5, 5.41) is 5.66. The van der Waals surface area contributed by atoms with E-state index in [1.165, 1.54) is 36.6 Å². The van der Waals surface area contributed by atoms with E-state index < -0.39 is 0 Å². The number of aromatic nitrogens is 1. The number of nitrogens with zero attached hydrogens (tertiary/aromatic N) is 1. The van der Waals surface area contributed by atoms with Crippen LogP contribution in [0.25, 0.3) is 10.9 Å². The highest BCUT2D eigenvalue weighted by molar-refractivity contribution is 6.31. The molecule has 3 rings (SSSR count). The van der Waals surface area contributed by atoms with Crippen molar-refractivity contribution in [3.63, 3.8) is 0 Å². The third-order valence-corrected chi connectivity index (χ3v) is 4.64. The first-order valence-electron chi connectivity index (χ1n) is 7.96. The monoisotopic (exact) mass is 302 g/mol. The summed E-state index contributed by atoms with van der Waals surface area (Å²) in [6.45, 7) is 5.29. The van der Waals surface area contributed by atoms with Crippen LogP contribution < -0.4 is 5.32 Å². The van der Waals surface area contributed by atoms with Gasteiger partial charge < -0.3 is 5.32 Å². The molecule has 1 fully saturated rings. The Hall–Kier alpha value is -1.12. The number of benzene rings is 1. The molecule has 1 heterocycles. The first-order chi connectivity index (χ1) is 10.1. The van der Waals surface area contributed by atoms with E-state index in [1.54, 1.807) is 0 Å². The van der Waals surface area contributed by atoms with Crippen LogP contribution in [0.5, 0.6) is 0 Å². The molecule has 3 heteroatoms. The Kier molecular flexibility index (Phi) is 4.46. The van der Waals surface area contributed by atoms with Crippen molar-refractivity contribution in [1.82, 2.24) is 10.3 Å². The molecule has 112 valence electrons. The lowest BCUT2D eigenvalue weighted by Crippen LogP contribution is -2.25. The average Bonchev–Trinajstić information content (AvgIpc) is 2.97. The zero-order chi connectivity index (χ0) is 14.8. The molecule has 0 radical (unpaired) electrons. The fraction of sp³-hybridized carbons (Fsp3) is 0.500. The van der Waals surface area contributed by atoms with E-state index in [1.807, 2.05) is 18.2 Å². The van der Waals surface area contributed by atoms with Gasteiger partial charge in [-0.1, -0.05) is 38.3 Å². The van der Waals surface area contributed by atoms with Crippen LogP contribution in [0.15, 0.2) is 24.3 Å². The van der Waals surface area contributed by atoms with Crippen LogP contribution in [0.4, 0.5) is 0 Å². The smallest absolute Gasteiger partial charge is 0.0709 e. The average molecular weight is 303 g/mol. The van der Waals surface area contributed by atoms with Gasteiger partial charge in [0.05, 0.1) is 5.52 Å². The first kappa shape index (κ1) is 14.8. The standard InChI is InChI=1S/C18H23ClN2/c1-12(2)18-9-13(11-20-15-5-3-4-6-15)16-10-14(19)7-8-17(16)21-18/h7-10,12,15,20H,3-6,11H2,1-2H3. The van der Waals surface area contributed by atoms with Crippen LogP contribution in [0, 0.1) is 0 Å². The van der Waals surface area contributed by atoms with Crippen LogP contribution in [0.1, 0.15) is 56.7 Å². The molecule has 1 saturated carbocycles. The van der Waals surface area contributed by atoms with Gasteiger partial charge in [-0.3, -0.25) is 4.98 Å². The number of hydrogen-bond acceptors (Lipinski definition) is 2. The van der Waals surface area contributed by atoms with E-state index in [4.69, 9.17) is 16.6 Å². The van der Waals surface area contributed by atoms with E-state index >= 15 is 0 Å². The summed E-state index contributed by atoms with van der Waals surface area (Å²) in [7, 11) is 0. The Balaban J connectivity index is 1.94. The molecule has 1 aliphatic carbocycles. The fourth-order valence-electron chi connectivity index (χ4n) is 3.12. The summed E-state index contributed by atoms with van der Waals surface area (Å²) >= 11 is 6.17. The maximum Gasteiger partial charge on any atom is 0.0709 e. The van der Waals surface area contributed by atoms with Gasteiger partial charge in [0.25, 0.3) is 0 Å². The van der Waals surface area contributed by atoms with Crippen molar-refractivity contribution in [2.75, 3.05) is 0 Å². The zero-order valence-corrected chi connectivity index (χ0v) is 13.6. The Morgan fingerprint density at radius 1 is 1.24 bits per heavy atom. The highest BCUT2D eigenvalue weighted by Crippen LogP contribution is 2.26. The number of halogens is 1. The van der Waals surface area contributed by atoms with Crippen molar-refractivity contribution >= 4 is 22.5 Å². The van der Waals surface area contributed by atoms with Crippen LogP contribution in [0.2, 0.25) is 5.02 Å². The molecule has 2 nitrogen and oxygen atoms in total. The number of nitrogens with one attached hydrogen (secondary N) is 1. The Bertz CT molecular complexity index is 630. The number of hydrogen-bond donors (Lipinski definition) is 1. The lowest BCUT2D eigenvalue weighted by atomic mass is 10.0. The minimum absolute atomic E-state index is 0.440. The van der Waals surface area contributed by atoms with Gasteiger partial charge >= 0.3 is 0 Å². The van der Waals surface area contributed by atoms with E-state index in [2.05, 4.69) is 25.2 Å². The summed E-state index contributed by atoms with van der Waals surface area (Å²) in [6, 6.07) is 8.91. The maximum atomic E-state index is 6.17. The largest absolute Gasteiger partial charge is 0.310 e. The third kappa shape index (κ3) is 3.38. The summed E-state index contributed by atoms with van der Waals surface area (Å²) in [6.07, 6.45) is 5.33. The molecule has 1 aromatic carbocycles. The van der Waals surface area contributed by atoms with Gasteiger partial charge in [-0.25, -0.2) is 0 Å². The Labute approximate surface area is 131 Å². The van der Waals surface area contributed by atoms with Crippen molar-refractivity contribution in [2.24, 2.45) is 0 Å². The van der Waals surface area contributed by atoms with Gasteiger partial charge in [0, 0.05) is 28.7 Å². The molecule has 0 saturated heterocycles. The third-order valence-electron chi connectivity index (χ3n) is 4.40. The molecule has 2 aromatic rings. The summed E-state index contributed by atoms with van der Waals surface area (Å²) in [5.41, 5.74) is 3.53. The molecule has 0 atom stereocenters. The molecule has 0 unspecified atom stereocenters. The minimum Gasteiger partial charge on any atom is -0.310 e. The van der Waals surface area contributed by atoms with Gasteiger partial charge in [-0.15, -0.1) is 0 Å². The summed E-state index contributed by atoms with van der Waals surface area (Å²) in [5.74, 6) is 0.440. The number of pyridine rings is 1. The number of fused-ring (bicyclic) bond motifs is 1. The topological polar surface area (TPSA) is 24.9 Å². The van der Waals surface area contributed by atoms with E-state index in [-0.39, 0.29) is 0 Å². The van der Waals surface area contributed by atoms with Gasteiger partial charge in [0.15, 0.2) is 0 Å². The van der Waals surface area contributed by atoms with Crippen molar-refractivity contribution in [3.05, 3.63) is 40.5 Å². The quantitative estimate of drug-likeness (QED) is 0.855. The molecule has 0 bridgehead atoms. The first-order valence-corrected chi connectivity index (χ1v) is 8.34. The fourth-order valence-corrected chi connectivity index (χ4v) is 3.29. The summed E-state index contributed by atoms with van der Waals surface area (Å²) < 4.78 is 0. The SMILES string of the molecule is CC(C)c1cc(CNC2CCCC2)c2cc(Cl)ccc2n1. The molecule has 0 amide bonds. The normalized spacial score (nSPS) is 16.2. The molecule has 0 aliphatic heterocycles. The van der Waals surface area contributed by atoms with Crippen LogP contribution in [0.3, 0.4) is 0 Å². The van der Waals surface area contributed by atoms with E-state index in [0.717, 1.165) is 22.8 Å². The van der Waals surface area contributed by atoms with Gasteiger partial charge in [0.2, 0.25) is 0 Å². The Morgan fingerprint density at radius 3 is 2.71 bits per heavy atom. The molecule has 1 aliphatic rings. The molecular formula is C18H23ClN2. The van der Waals surface area contributed by atoms with Gasteiger partial charge in [-0.2, -0.15) is 0 Å². The van der Waals surface area contributed by atoms with Crippen LogP contribution in [-0.2, 0) is 6.54 Å². The minimum atomic E-state index is 0.440. The summed E-state index contributed by atoms with van der Waals surface area (Å²) in [4.78, 5) is 4.77. The second kappa shape index (κ2) is 6.33. The highest BCUT2D eigenvalue weighted by Gasteiger charge is 2.15. The predicted octanol–water partition coefficient (Wildman–Crippen LogP) is 5.04. The second-order valence-electron chi connectivity index (χ2n) is 6.38. The lowest BCUT2D eigenvalue weighted by Gasteiger charge is -2.15. The molecule has 1 aromatic heterocycles. The van der Waals surface area contributed by atoms with Gasteiger partial charge in [-0.05, 0) is 48.6 Å². The van der Waals surface area contributed by atoms with Crippen LogP contribution in [-0.4, -0.2) is 11.0 Å². The van der Waals surface area contributed by atoms with Gasteiger partial charge in [0.1, 0.15) is 0 Å². The molecule has 21 heavy (non-hydrogen) atoms. The van der Waals surface area contributed by atoms with Crippen LogP contribution >= 0.6 is 11.6 Å². The van der Waals surface area contributed by atoms with Crippen molar-refractivity contribution in [3.8, 4) is 0 Å².